The molecule has 1 N–H and O–H groups in total. The fourth-order valence-electron chi connectivity index (χ4n) is 2.43. The normalized spacial score (nSPS) is 12.5. The third-order valence-electron chi connectivity index (χ3n) is 3.51. The van der Waals surface area contributed by atoms with Crippen LogP contribution in [0.1, 0.15) is 21.6 Å². The van der Waals surface area contributed by atoms with Gasteiger partial charge in [0.15, 0.2) is 17.2 Å². The number of nitriles is 1. The summed E-state index contributed by atoms with van der Waals surface area (Å²) in [6, 6.07) is 7.46. The topological polar surface area (TPSA) is 92.4 Å². The van der Waals surface area contributed by atoms with Crippen LogP contribution in [0.3, 0.4) is 0 Å². The van der Waals surface area contributed by atoms with Crippen LogP contribution in [0.15, 0.2) is 24.4 Å². The van der Waals surface area contributed by atoms with Gasteiger partial charge in [0.1, 0.15) is 13.2 Å². The molecule has 0 aliphatic carbocycles. The van der Waals surface area contributed by atoms with Crippen LogP contribution >= 0.6 is 0 Å². The highest BCUT2D eigenvalue weighted by Gasteiger charge is 2.26. The van der Waals surface area contributed by atoms with E-state index in [-0.39, 0.29) is 18.1 Å². The van der Waals surface area contributed by atoms with Gasteiger partial charge in [-0.15, -0.1) is 0 Å². The van der Waals surface area contributed by atoms with E-state index in [0.29, 0.717) is 23.5 Å². The Morgan fingerprint density at radius 2 is 2.00 bits per heavy atom. The van der Waals surface area contributed by atoms with Crippen molar-refractivity contribution in [3.8, 4) is 28.7 Å². The van der Waals surface area contributed by atoms with Gasteiger partial charge in [-0.3, -0.25) is 0 Å². The molecule has 2 heterocycles. The van der Waals surface area contributed by atoms with Crippen LogP contribution in [0, 0.1) is 18.3 Å². The minimum absolute atomic E-state index is 0.137. The Morgan fingerprint density at radius 1 is 1.27 bits per heavy atom. The van der Waals surface area contributed by atoms with E-state index in [1.54, 1.807) is 12.1 Å². The highest BCUT2D eigenvalue weighted by Crippen LogP contribution is 2.42. The molecule has 6 nitrogen and oxygen atoms in total. The van der Waals surface area contributed by atoms with Crippen molar-refractivity contribution in [1.82, 2.24) is 4.98 Å². The van der Waals surface area contributed by atoms with E-state index >= 15 is 0 Å². The maximum Gasteiger partial charge on any atom is 0.358 e. The summed E-state index contributed by atoms with van der Waals surface area (Å²) in [6.45, 7) is 2.44. The molecule has 0 spiro atoms. The molecule has 3 rings (SSSR count). The molecule has 2 aromatic rings. The zero-order valence-corrected chi connectivity index (χ0v) is 11.8. The predicted octanol–water partition coefficient (Wildman–Crippen LogP) is 2.40. The largest absolute Gasteiger partial charge is 0.485 e. The molecule has 110 valence electrons. The molecule has 0 bridgehead atoms. The van der Waals surface area contributed by atoms with Crippen LogP contribution in [0.2, 0.25) is 0 Å². The van der Waals surface area contributed by atoms with E-state index in [1.165, 1.54) is 6.20 Å². The molecule has 1 aliphatic heterocycles. The number of benzene rings is 1. The van der Waals surface area contributed by atoms with Gasteiger partial charge in [0, 0.05) is 11.8 Å². The number of pyridine rings is 1. The fraction of sp³-hybridized carbons (Fsp3) is 0.188. The molecule has 0 fully saturated rings. The van der Waals surface area contributed by atoms with Crippen LogP contribution in [-0.4, -0.2) is 29.3 Å². The summed E-state index contributed by atoms with van der Waals surface area (Å²) < 4.78 is 11.1. The van der Waals surface area contributed by atoms with Gasteiger partial charge in [-0.05, 0) is 24.1 Å². The summed E-state index contributed by atoms with van der Waals surface area (Å²) in [6.07, 6.45) is 1.44. The lowest BCUT2D eigenvalue weighted by Gasteiger charge is -2.22. The highest BCUT2D eigenvalue weighted by atomic mass is 16.6. The van der Waals surface area contributed by atoms with E-state index in [1.807, 2.05) is 13.0 Å². The lowest BCUT2D eigenvalue weighted by Crippen LogP contribution is -2.19. The Hall–Kier alpha value is -3.07. The molecule has 0 atom stereocenters. The van der Waals surface area contributed by atoms with Crippen molar-refractivity contribution < 1.29 is 19.4 Å². The first-order chi connectivity index (χ1) is 10.6. The molecular formula is C16H12N2O4. The van der Waals surface area contributed by atoms with Crippen molar-refractivity contribution in [3.63, 3.8) is 0 Å². The summed E-state index contributed by atoms with van der Waals surface area (Å²) in [7, 11) is 0. The average molecular weight is 296 g/mol. The maximum atomic E-state index is 11.2. The van der Waals surface area contributed by atoms with Gasteiger partial charge in [0.05, 0.1) is 11.6 Å². The third kappa shape index (κ3) is 2.13. The molecule has 1 aromatic carbocycles. The van der Waals surface area contributed by atoms with E-state index in [2.05, 4.69) is 11.1 Å². The van der Waals surface area contributed by atoms with Gasteiger partial charge in [-0.1, -0.05) is 12.1 Å². The number of aromatic carboxylic acids is 1. The number of aromatic nitrogens is 1. The van der Waals surface area contributed by atoms with Gasteiger partial charge >= 0.3 is 5.97 Å². The number of ether oxygens (including phenoxy) is 2. The number of hydrogen-bond donors (Lipinski definition) is 1. The van der Waals surface area contributed by atoms with Crippen molar-refractivity contribution in [2.45, 2.75) is 6.92 Å². The first kappa shape index (κ1) is 13.9. The van der Waals surface area contributed by atoms with Crippen molar-refractivity contribution in [3.05, 3.63) is 41.2 Å². The summed E-state index contributed by atoms with van der Waals surface area (Å²) >= 11 is 0. The Labute approximate surface area is 126 Å². The van der Waals surface area contributed by atoms with E-state index in [4.69, 9.17) is 14.7 Å². The fourth-order valence-corrected chi connectivity index (χ4v) is 2.43. The molecule has 0 saturated carbocycles. The van der Waals surface area contributed by atoms with E-state index in [9.17, 15) is 9.90 Å². The maximum absolute atomic E-state index is 11.2. The lowest BCUT2D eigenvalue weighted by molar-refractivity contribution is 0.0678. The molecule has 0 unspecified atom stereocenters. The standard InChI is InChI=1S/C16H12N2O4/c1-9-10(7-17)3-2-4-11(9)12-8-18-13(16(19)20)15-14(12)21-5-6-22-15/h2-4,8H,5-6H2,1H3,(H,19,20). The Kier molecular flexibility index (Phi) is 3.39. The SMILES string of the molecule is Cc1c(C#N)cccc1-c1cnc(C(=O)O)c2c1OCCO2. The number of hydrogen-bond acceptors (Lipinski definition) is 5. The van der Waals surface area contributed by atoms with E-state index < -0.39 is 5.97 Å². The third-order valence-corrected chi connectivity index (χ3v) is 3.51. The van der Waals surface area contributed by atoms with E-state index in [0.717, 1.165) is 11.1 Å². The summed E-state index contributed by atoms with van der Waals surface area (Å²) in [5.74, 6) is -0.675. The summed E-state index contributed by atoms with van der Waals surface area (Å²) in [5.41, 5.74) is 2.55. The number of nitrogens with zero attached hydrogens (tertiary/aromatic N) is 2. The second-order valence-electron chi connectivity index (χ2n) is 4.77. The number of rotatable bonds is 2. The quantitative estimate of drug-likeness (QED) is 0.914. The number of carboxylic acids is 1. The predicted molar refractivity (Wildman–Crippen MR) is 77.1 cm³/mol. The van der Waals surface area contributed by atoms with Gasteiger partial charge in [-0.25, -0.2) is 9.78 Å². The minimum atomic E-state index is -1.17. The summed E-state index contributed by atoms with van der Waals surface area (Å²) in [5, 5.41) is 18.3. The lowest BCUT2D eigenvalue weighted by atomic mass is 9.97. The van der Waals surface area contributed by atoms with Crippen LogP contribution in [0.5, 0.6) is 11.5 Å². The van der Waals surface area contributed by atoms with Crippen LogP contribution in [0.4, 0.5) is 0 Å². The molecule has 0 saturated heterocycles. The molecule has 0 amide bonds. The molecule has 1 aromatic heterocycles. The molecule has 22 heavy (non-hydrogen) atoms. The monoisotopic (exact) mass is 296 g/mol. The number of carboxylic acid groups (broad SMARTS) is 1. The first-order valence-electron chi connectivity index (χ1n) is 6.65. The second kappa shape index (κ2) is 5.37. The zero-order valence-electron chi connectivity index (χ0n) is 11.8. The van der Waals surface area contributed by atoms with Crippen LogP contribution in [-0.2, 0) is 0 Å². The number of carbonyl (C=O) groups is 1. The van der Waals surface area contributed by atoms with Crippen molar-refractivity contribution >= 4 is 5.97 Å². The smallest absolute Gasteiger partial charge is 0.358 e. The van der Waals surface area contributed by atoms with Gasteiger partial charge in [0.2, 0.25) is 0 Å². The summed E-state index contributed by atoms with van der Waals surface area (Å²) in [4.78, 5) is 15.2. The Balaban J connectivity index is 2.25. The average Bonchev–Trinajstić information content (AvgIpc) is 2.54. The van der Waals surface area contributed by atoms with Crippen LogP contribution < -0.4 is 9.47 Å². The van der Waals surface area contributed by atoms with Gasteiger partial charge < -0.3 is 14.6 Å². The molecule has 1 aliphatic rings. The number of fused-ring (bicyclic) bond motifs is 1. The molecular weight excluding hydrogens is 284 g/mol. The Morgan fingerprint density at radius 3 is 2.68 bits per heavy atom. The van der Waals surface area contributed by atoms with Crippen LogP contribution in [0.25, 0.3) is 11.1 Å². The van der Waals surface area contributed by atoms with Crippen molar-refractivity contribution in [1.29, 1.82) is 5.26 Å². The van der Waals surface area contributed by atoms with Crippen molar-refractivity contribution in [2.75, 3.05) is 13.2 Å². The minimum Gasteiger partial charge on any atom is -0.485 e. The molecule has 6 heteroatoms. The first-order valence-corrected chi connectivity index (χ1v) is 6.65. The highest BCUT2D eigenvalue weighted by molar-refractivity contribution is 5.92. The second-order valence-corrected chi connectivity index (χ2v) is 4.77. The van der Waals surface area contributed by atoms with Gasteiger partial charge in [-0.2, -0.15) is 5.26 Å². The Bertz CT molecular complexity index is 809. The van der Waals surface area contributed by atoms with Gasteiger partial charge in [0.25, 0.3) is 0 Å². The van der Waals surface area contributed by atoms with Crippen molar-refractivity contribution in [2.24, 2.45) is 0 Å². The molecule has 0 radical (unpaired) electrons. The zero-order chi connectivity index (χ0) is 15.7.